The molecule has 0 fully saturated rings. The summed E-state index contributed by atoms with van der Waals surface area (Å²) in [6.07, 6.45) is 1.42. The molecule has 19 heavy (non-hydrogen) atoms. The molecule has 1 aromatic carbocycles. The lowest BCUT2D eigenvalue weighted by molar-refractivity contribution is 0.0697. The molecule has 7 heteroatoms. The van der Waals surface area contributed by atoms with Gasteiger partial charge in [-0.05, 0) is 24.3 Å². The Labute approximate surface area is 114 Å². The normalized spacial score (nSPS) is 10.0. The molecule has 0 aliphatic rings. The Bertz CT molecular complexity index is 602. The lowest BCUT2D eigenvalue weighted by atomic mass is 10.2. The number of benzene rings is 1. The molecule has 2 aromatic rings. The number of hydrogen-bond donors (Lipinski definition) is 2. The maximum Gasteiger partial charge on any atom is 0.335 e. The van der Waals surface area contributed by atoms with Crippen LogP contribution in [-0.4, -0.2) is 28.2 Å². The quantitative estimate of drug-likeness (QED) is 0.895. The Hall–Kier alpha value is -2.34. The minimum Gasteiger partial charge on any atom is -0.478 e. The Morgan fingerprint density at radius 1 is 1.37 bits per heavy atom. The van der Waals surface area contributed by atoms with Gasteiger partial charge in [0.15, 0.2) is 5.82 Å². The number of carboxylic acid groups (broad SMARTS) is 1. The summed E-state index contributed by atoms with van der Waals surface area (Å²) in [4.78, 5) is 18.6. The van der Waals surface area contributed by atoms with Crippen molar-refractivity contribution in [1.82, 2.24) is 9.97 Å². The molecule has 1 heterocycles. The van der Waals surface area contributed by atoms with Crippen molar-refractivity contribution in [2.24, 2.45) is 0 Å². The van der Waals surface area contributed by atoms with Gasteiger partial charge in [-0.25, -0.2) is 9.78 Å². The summed E-state index contributed by atoms with van der Waals surface area (Å²) in [7, 11) is 1.45. The Balaban J connectivity index is 2.23. The number of aromatic nitrogens is 2. The van der Waals surface area contributed by atoms with Crippen molar-refractivity contribution in [3.8, 4) is 6.01 Å². The third-order valence-corrected chi connectivity index (χ3v) is 2.58. The minimum atomic E-state index is -0.978. The van der Waals surface area contributed by atoms with Crippen LogP contribution >= 0.6 is 11.6 Å². The zero-order chi connectivity index (χ0) is 13.8. The van der Waals surface area contributed by atoms with Crippen LogP contribution in [-0.2, 0) is 0 Å². The van der Waals surface area contributed by atoms with Crippen LogP contribution in [0.3, 0.4) is 0 Å². The zero-order valence-electron chi connectivity index (χ0n) is 9.92. The smallest absolute Gasteiger partial charge is 0.335 e. The molecule has 0 saturated carbocycles. The maximum absolute atomic E-state index is 10.7. The zero-order valence-corrected chi connectivity index (χ0v) is 10.7. The highest BCUT2D eigenvalue weighted by molar-refractivity contribution is 6.32. The second-order valence-corrected chi connectivity index (χ2v) is 3.97. The number of methoxy groups -OCH3 is 1. The summed E-state index contributed by atoms with van der Waals surface area (Å²) in [5.74, 6) is -0.593. The first-order chi connectivity index (χ1) is 9.10. The molecule has 98 valence electrons. The van der Waals surface area contributed by atoms with E-state index in [0.717, 1.165) is 0 Å². The second-order valence-electron chi connectivity index (χ2n) is 3.56. The van der Waals surface area contributed by atoms with Crippen molar-refractivity contribution in [1.29, 1.82) is 0 Å². The van der Waals surface area contributed by atoms with E-state index in [1.807, 2.05) is 0 Å². The van der Waals surface area contributed by atoms with Crippen molar-refractivity contribution in [2.75, 3.05) is 12.4 Å². The highest BCUT2D eigenvalue weighted by Gasteiger charge is 2.07. The van der Waals surface area contributed by atoms with Crippen LogP contribution in [0.25, 0.3) is 0 Å². The summed E-state index contributed by atoms with van der Waals surface area (Å²) in [6, 6.07) is 6.39. The topological polar surface area (TPSA) is 84.3 Å². The van der Waals surface area contributed by atoms with Gasteiger partial charge < -0.3 is 15.2 Å². The average molecular weight is 280 g/mol. The van der Waals surface area contributed by atoms with Gasteiger partial charge in [0.1, 0.15) is 5.02 Å². The molecule has 0 aliphatic carbocycles. The number of carboxylic acids is 1. The largest absolute Gasteiger partial charge is 0.478 e. The highest BCUT2D eigenvalue weighted by Crippen LogP contribution is 2.24. The third kappa shape index (κ3) is 3.11. The number of anilines is 2. The van der Waals surface area contributed by atoms with E-state index < -0.39 is 5.97 Å². The Morgan fingerprint density at radius 2 is 2.05 bits per heavy atom. The molecule has 0 unspecified atom stereocenters. The SMILES string of the molecule is COc1ncc(Cl)c(Nc2ccc(C(=O)O)cc2)n1. The molecule has 6 nitrogen and oxygen atoms in total. The van der Waals surface area contributed by atoms with E-state index in [0.29, 0.717) is 16.5 Å². The first kappa shape index (κ1) is 13.1. The predicted molar refractivity (Wildman–Crippen MR) is 70.3 cm³/mol. The number of halogens is 1. The number of aromatic carboxylic acids is 1. The summed E-state index contributed by atoms with van der Waals surface area (Å²) in [5.41, 5.74) is 0.865. The van der Waals surface area contributed by atoms with Gasteiger partial charge in [-0.2, -0.15) is 4.98 Å². The van der Waals surface area contributed by atoms with Crippen molar-refractivity contribution in [3.05, 3.63) is 41.0 Å². The standard InChI is InChI=1S/C12H10ClN3O3/c1-19-12-14-6-9(13)10(16-12)15-8-4-2-7(3-5-8)11(17)18/h2-6H,1H3,(H,17,18)(H,14,15,16). The van der Waals surface area contributed by atoms with Gasteiger partial charge in [0.05, 0.1) is 18.9 Å². The molecule has 1 aromatic heterocycles. The summed E-state index contributed by atoms with van der Waals surface area (Å²) >= 11 is 5.95. The van der Waals surface area contributed by atoms with E-state index in [2.05, 4.69) is 15.3 Å². The lowest BCUT2D eigenvalue weighted by Gasteiger charge is -2.08. The molecule has 0 amide bonds. The van der Waals surface area contributed by atoms with E-state index in [4.69, 9.17) is 21.4 Å². The molecule has 0 aliphatic heterocycles. The molecular formula is C12H10ClN3O3. The first-order valence-electron chi connectivity index (χ1n) is 5.27. The molecule has 2 N–H and O–H groups in total. The van der Waals surface area contributed by atoms with Crippen LogP contribution in [0.1, 0.15) is 10.4 Å². The van der Waals surface area contributed by atoms with E-state index >= 15 is 0 Å². The van der Waals surface area contributed by atoms with Crippen LogP contribution in [0.2, 0.25) is 5.02 Å². The first-order valence-corrected chi connectivity index (χ1v) is 5.65. The molecule has 0 spiro atoms. The number of nitrogens with one attached hydrogen (secondary N) is 1. The summed E-state index contributed by atoms with van der Waals surface area (Å²) in [6.45, 7) is 0. The highest BCUT2D eigenvalue weighted by atomic mass is 35.5. The number of ether oxygens (including phenoxy) is 1. The fourth-order valence-electron chi connectivity index (χ4n) is 1.37. The molecule has 0 bridgehead atoms. The maximum atomic E-state index is 10.7. The van der Waals surface area contributed by atoms with Crippen molar-refractivity contribution >= 4 is 29.1 Å². The molecule has 0 radical (unpaired) electrons. The van der Waals surface area contributed by atoms with Crippen LogP contribution < -0.4 is 10.1 Å². The van der Waals surface area contributed by atoms with Gasteiger partial charge in [-0.3, -0.25) is 0 Å². The predicted octanol–water partition coefficient (Wildman–Crippen LogP) is 2.58. The van der Waals surface area contributed by atoms with Crippen LogP contribution in [0.5, 0.6) is 6.01 Å². The molecule has 0 atom stereocenters. The van der Waals surface area contributed by atoms with E-state index in [1.54, 1.807) is 12.1 Å². The van der Waals surface area contributed by atoms with Gasteiger partial charge >= 0.3 is 12.0 Å². The van der Waals surface area contributed by atoms with Crippen molar-refractivity contribution in [3.63, 3.8) is 0 Å². The minimum absolute atomic E-state index is 0.189. The Kier molecular flexibility index (Phi) is 3.82. The van der Waals surface area contributed by atoms with Crippen LogP contribution in [0.4, 0.5) is 11.5 Å². The van der Waals surface area contributed by atoms with Gasteiger partial charge in [-0.1, -0.05) is 11.6 Å². The Morgan fingerprint density at radius 3 is 2.63 bits per heavy atom. The fourth-order valence-corrected chi connectivity index (χ4v) is 1.51. The third-order valence-electron chi connectivity index (χ3n) is 2.30. The molecular weight excluding hydrogens is 270 g/mol. The van der Waals surface area contributed by atoms with Gasteiger partial charge in [-0.15, -0.1) is 0 Å². The number of carbonyl (C=O) groups is 1. The molecule has 2 rings (SSSR count). The van der Waals surface area contributed by atoms with Gasteiger partial charge in [0, 0.05) is 5.69 Å². The summed E-state index contributed by atoms with van der Waals surface area (Å²) in [5, 5.41) is 12.1. The second kappa shape index (κ2) is 5.53. The number of hydrogen-bond acceptors (Lipinski definition) is 5. The monoisotopic (exact) mass is 279 g/mol. The van der Waals surface area contributed by atoms with Gasteiger partial charge in [0.25, 0.3) is 0 Å². The van der Waals surface area contributed by atoms with Crippen LogP contribution in [0.15, 0.2) is 30.5 Å². The summed E-state index contributed by atoms with van der Waals surface area (Å²) < 4.78 is 4.90. The van der Waals surface area contributed by atoms with E-state index in [-0.39, 0.29) is 11.6 Å². The fraction of sp³-hybridized carbons (Fsp3) is 0.0833. The van der Waals surface area contributed by atoms with Crippen LogP contribution in [0, 0.1) is 0 Å². The number of rotatable bonds is 4. The lowest BCUT2D eigenvalue weighted by Crippen LogP contribution is -2.00. The van der Waals surface area contributed by atoms with Crippen molar-refractivity contribution < 1.29 is 14.6 Å². The van der Waals surface area contributed by atoms with E-state index in [9.17, 15) is 4.79 Å². The van der Waals surface area contributed by atoms with E-state index in [1.165, 1.54) is 25.4 Å². The molecule has 0 saturated heterocycles. The average Bonchev–Trinajstić information content (AvgIpc) is 2.42. The van der Waals surface area contributed by atoms with Gasteiger partial charge in [0.2, 0.25) is 0 Å². The number of nitrogens with zero attached hydrogens (tertiary/aromatic N) is 2. The van der Waals surface area contributed by atoms with Crippen molar-refractivity contribution in [2.45, 2.75) is 0 Å².